The Morgan fingerprint density at radius 1 is 1.58 bits per heavy atom. The topological polar surface area (TPSA) is 40.7 Å². The third-order valence-electron chi connectivity index (χ3n) is 2.23. The first-order valence-corrected chi connectivity index (χ1v) is 4.33. The fourth-order valence-electron chi connectivity index (χ4n) is 0.975. The van der Waals surface area contributed by atoms with E-state index in [4.69, 9.17) is 0 Å². The Balaban J connectivity index is 2.88. The third-order valence-corrected chi connectivity index (χ3v) is 2.23. The van der Waals surface area contributed by atoms with Crippen molar-refractivity contribution in [2.45, 2.75) is 32.7 Å². The molecule has 1 aromatic heterocycles. The van der Waals surface area contributed by atoms with Gasteiger partial charge in [0.05, 0.1) is 5.54 Å². The van der Waals surface area contributed by atoms with Crippen molar-refractivity contribution < 1.29 is 0 Å². The predicted octanol–water partition coefficient (Wildman–Crippen LogP) is 1.43. The molecular weight excluding hydrogens is 150 g/mol. The monoisotopic (exact) mass is 167 g/mol. The minimum Gasteiger partial charge on any atom is -0.344 e. The van der Waals surface area contributed by atoms with Gasteiger partial charge in [0.2, 0.25) is 0 Å². The van der Waals surface area contributed by atoms with Crippen LogP contribution < -0.4 is 5.32 Å². The molecule has 1 rings (SSSR count). The fourth-order valence-corrected chi connectivity index (χ4v) is 0.975. The van der Waals surface area contributed by atoms with Gasteiger partial charge in [0, 0.05) is 11.9 Å². The average molecular weight is 167 g/mol. The van der Waals surface area contributed by atoms with Crippen molar-refractivity contribution >= 4 is 0 Å². The molecule has 0 spiro atoms. The maximum Gasteiger partial charge on any atom is 0.126 e. The molecule has 0 amide bonds. The van der Waals surface area contributed by atoms with Crippen LogP contribution in [0.15, 0.2) is 6.20 Å². The van der Waals surface area contributed by atoms with Crippen LogP contribution >= 0.6 is 0 Å². The molecule has 3 nitrogen and oxygen atoms in total. The van der Waals surface area contributed by atoms with Gasteiger partial charge in [-0.15, -0.1) is 0 Å². The van der Waals surface area contributed by atoms with Crippen molar-refractivity contribution in [2.75, 3.05) is 7.05 Å². The molecule has 12 heavy (non-hydrogen) atoms. The highest BCUT2D eigenvalue weighted by Gasteiger charge is 2.20. The summed E-state index contributed by atoms with van der Waals surface area (Å²) >= 11 is 0. The molecule has 0 atom stereocenters. The summed E-state index contributed by atoms with van der Waals surface area (Å²) in [7, 11) is 1.94. The molecule has 0 aliphatic heterocycles. The predicted molar refractivity (Wildman–Crippen MR) is 50.1 cm³/mol. The molecule has 0 bridgehead atoms. The fraction of sp³-hybridized carbons (Fsp3) is 0.667. The first-order chi connectivity index (χ1) is 5.60. The minimum atomic E-state index is -0.0621. The molecule has 0 aliphatic rings. The molecule has 0 aliphatic carbocycles. The molecule has 68 valence electrons. The molecule has 0 saturated heterocycles. The molecule has 1 heterocycles. The van der Waals surface area contributed by atoms with E-state index >= 15 is 0 Å². The zero-order valence-electron chi connectivity index (χ0n) is 8.23. The summed E-state index contributed by atoms with van der Waals surface area (Å²) in [6.45, 7) is 6.32. The Bertz CT molecular complexity index is 250. The van der Waals surface area contributed by atoms with E-state index in [1.54, 1.807) is 0 Å². The van der Waals surface area contributed by atoms with Gasteiger partial charge in [0.15, 0.2) is 0 Å². The van der Waals surface area contributed by atoms with Crippen molar-refractivity contribution in [3.05, 3.63) is 17.7 Å². The van der Waals surface area contributed by atoms with Gasteiger partial charge in [-0.1, -0.05) is 6.92 Å². The molecule has 0 radical (unpaired) electrons. The van der Waals surface area contributed by atoms with Gasteiger partial charge >= 0.3 is 0 Å². The molecule has 3 heteroatoms. The van der Waals surface area contributed by atoms with E-state index in [1.807, 2.05) is 13.2 Å². The van der Waals surface area contributed by atoms with Gasteiger partial charge in [-0.2, -0.15) is 0 Å². The summed E-state index contributed by atoms with van der Waals surface area (Å²) in [4.78, 5) is 7.59. The molecule has 0 saturated carbocycles. The Kier molecular flexibility index (Phi) is 2.52. The van der Waals surface area contributed by atoms with Crippen molar-refractivity contribution in [3.8, 4) is 0 Å². The number of hydrogen-bond donors (Lipinski definition) is 2. The van der Waals surface area contributed by atoms with Crippen molar-refractivity contribution in [2.24, 2.45) is 0 Å². The Labute approximate surface area is 73.6 Å². The zero-order valence-corrected chi connectivity index (χ0v) is 8.23. The summed E-state index contributed by atoms with van der Waals surface area (Å²) in [6, 6.07) is 0. The van der Waals surface area contributed by atoms with Gasteiger partial charge in [0.1, 0.15) is 5.82 Å². The number of aromatic nitrogens is 2. The second kappa shape index (κ2) is 3.27. The van der Waals surface area contributed by atoms with Crippen LogP contribution in [0.3, 0.4) is 0 Å². The number of H-pyrrole nitrogens is 1. The zero-order chi connectivity index (χ0) is 9.19. The highest BCUT2D eigenvalue weighted by Crippen LogP contribution is 2.15. The van der Waals surface area contributed by atoms with Crippen LogP contribution in [0.5, 0.6) is 0 Å². The Morgan fingerprint density at radius 2 is 2.25 bits per heavy atom. The summed E-state index contributed by atoms with van der Waals surface area (Å²) in [5, 5.41) is 3.20. The summed E-state index contributed by atoms with van der Waals surface area (Å²) < 4.78 is 0. The number of rotatable bonds is 3. The van der Waals surface area contributed by atoms with Gasteiger partial charge < -0.3 is 10.3 Å². The number of aromatic amines is 1. The summed E-state index contributed by atoms with van der Waals surface area (Å²) in [6.07, 6.45) is 2.90. The van der Waals surface area contributed by atoms with Gasteiger partial charge in [-0.25, -0.2) is 4.98 Å². The van der Waals surface area contributed by atoms with Crippen molar-refractivity contribution in [3.63, 3.8) is 0 Å². The lowest BCUT2D eigenvalue weighted by Gasteiger charge is -2.20. The number of nitrogens with one attached hydrogen (secondary N) is 2. The van der Waals surface area contributed by atoms with Crippen LogP contribution in [-0.4, -0.2) is 17.0 Å². The first kappa shape index (κ1) is 9.26. The number of imidazole rings is 1. The highest BCUT2D eigenvalue weighted by molar-refractivity contribution is 5.08. The Morgan fingerprint density at radius 3 is 2.67 bits per heavy atom. The number of hydrogen-bond acceptors (Lipinski definition) is 2. The first-order valence-electron chi connectivity index (χ1n) is 4.33. The van der Waals surface area contributed by atoms with Crippen molar-refractivity contribution in [1.82, 2.24) is 15.3 Å². The molecule has 1 aromatic rings. The lowest BCUT2D eigenvalue weighted by atomic mass is 10.1. The van der Waals surface area contributed by atoms with E-state index in [0.29, 0.717) is 0 Å². The largest absolute Gasteiger partial charge is 0.344 e. The lowest BCUT2D eigenvalue weighted by Crippen LogP contribution is -2.34. The summed E-state index contributed by atoms with van der Waals surface area (Å²) in [5.74, 6) is 1.00. The standard InChI is InChI=1S/C9H17N3/c1-5-7-6-11-8(12-7)9(2,3)10-4/h6,10H,5H2,1-4H3,(H,11,12). The van der Waals surface area contributed by atoms with Gasteiger partial charge in [-0.3, -0.25) is 0 Å². The second-order valence-corrected chi connectivity index (χ2v) is 3.49. The van der Waals surface area contributed by atoms with Crippen LogP contribution in [-0.2, 0) is 12.0 Å². The van der Waals surface area contributed by atoms with E-state index in [0.717, 1.165) is 12.2 Å². The van der Waals surface area contributed by atoms with Crippen LogP contribution in [0.25, 0.3) is 0 Å². The molecule has 0 fully saturated rings. The lowest BCUT2D eigenvalue weighted by molar-refractivity contribution is 0.420. The molecule has 0 aromatic carbocycles. The maximum absolute atomic E-state index is 4.31. The van der Waals surface area contributed by atoms with E-state index in [2.05, 4.69) is 36.1 Å². The normalized spacial score (nSPS) is 12.0. The van der Waals surface area contributed by atoms with Crippen LogP contribution in [0, 0.1) is 0 Å². The van der Waals surface area contributed by atoms with Crippen molar-refractivity contribution in [1.29, 1.82) is 0 Å². The highest BCUT2D eigenvalue weighted by atomic mass is 15.0. The second-order valence-electron chi connectivity index (χ2n) is 3.49. The van der Waals surface area contributed by atoms with Crippen LogP contribution in [0.4, 0.5) is 0 Å². The third kappa shape index (κ3) is 1.67. The van der Waals surface area contributed by atoms with Gasteiger partial charge in [0.25, 0.3) is 0 Å². The van der Waals surface area contributed by atoms with E-state index < -0.39 is 0 Å². The quantitative estimate of drug-likeness (QED) is 0.715. The molecule has 2 N–H and O–H groups in total. The van der Waals surface area contributed by atoms with E-state index in [1.165, 1.54) is 5.69 Å². The number of nitrogens with zero attached hydrogens (tertiary/aromatic N) is 1. The van der Waals surface area contributed by atoms with Gasteiger partial charge in [-0.05, 0) is 27.3 Å². The van der Waals surface area contributed by atoms with Crippen LogP contribution in [0.1, 0.15) is 32.3 Å². The Hall–Kier alpha value is -0.830. The van der Waals surface area contributed by atoms with E-state index in [-0.39, 0.29) is 5.54 Å². The van der Waals surface area contributed by atoms with E-state index in [9.17, 15) is 0 Å². The van der Waals surface area contributed by atoms with Crippen LogP contribution in [0.2, 0.25) is 0 Å². The average Bonchev–Trinajstić information content (AvgIpc) is 2.52. The minimum absolute atomic E-state index is 0.0621. The SMILES string of the molecule is CCc1cnc(C(C)(C)NC)[nH]1. The molecular formula is C9H17N3. The number of aryl methyl sites for hydroxylation is 1. The molecule has 0 unspecified atom stereocenters. The summed E-state index contributed by atoms with van der Waals surface area (Å²) in [5.41, 5.74) is 1.13. The maximum atomic E-state index is 4.31. The smallest absolute Gasteiger partial charge is 0.126 e.